The van der Waals surface area contributed by atoms with Gasteiger partial charge in [0.2, 0.25) is 5.91 Å². The number of imidazole rings is 1. The number of phenols is 1. The number of carbonyl (C=O) groups is 1. The van der Waals surface area contributed by atoms with E-state index in [1.807, 2.05) is 0 Å². The molecule has 4 nitrogen and oxygen atoms in total. The molecule has 2 bridgehead atoms. The molecule has 2 aromatic rings. The van der Waals surface area contributed by atoms with Crippen LogP contribution in [0.1, 0.15) is 17.0 Å². The highest BCUT2D eigenvalue weighted by atomic mass is 16.3. The van der Waals surface area contributed by atoms with Crippen LogP contribution >= 0.6 is 0 Å². The zero-order valence-electron chi connectivity index (χ0n) is 11.2. The molecule has 2 saturated carbocycles. The second kappa shape index (κ2) is 3.06. The molecule has 102 valence electrons. The smallest absolute Gasteiger partial charge is 0.241 e. The first kappa shape index (κ1) is 10.6. The van der Waals surface area contributed by atoms with Gasteiger partial charge in [-0.05, 0) is 42.2 Å². The van der Waals surface area contributed by atoms with E-state index in [9.17, 15) is 9.90 Å². The summed E-state index contributed by atoms with van der Waals surface area (Å²) in [6.07, 6.45) is 5.75. The van der Waals surface area contributed by atoms with Crippen LogP contribution in [0.5, 0.6) is 5.75 Å². The Balaban J connectivity index is 1.64. The van der Waals surface area contributed by atoms with Crippen LogP contribution in [0.25, 0.3) is 11.0 Å². The molecule has 21 heavy (non-hydrogen) atoms. The van der Waals surface area contributed by atoms with E-state index in [4.69, 9.17) is 0 Å². The van der Waals surface area contributed by atoms with Gasteiger partial charge in [0.05, 0.1) is 22.9 Å². The standard InChI is InChI=1S/C17H12N2O2/c20-7-1-4-13-12(5-7)18-16-14-8-2-3-9(11-6-10(8)11)15(14)17(21)19(13)16/h1-5,8-11,20H,6H2/t8-,9+,10?,11?/m1/s1. The summed E-state index contributed by atoms with van der Waals surface area (Å²) in [5.74, 6) is 5.29. The first-order valence-electron chi connectivity index (χ1n) is 7.43. The minimum absolute atomic E-state index is 0.0953. The molecular formula is C17H12N2O2. The van der Waals surface area contributed by atoms with Crippen molar-refractivity contribution in [2.75, 3.05) is 0 Å². The van der Waals surface area contributed by atoms with E-state index in [0.717, 1.165) is 23.2 Å². The molecule has 5 aliphatic rings. The third-order valence-corrected chi connectivity index (χ3v) is 5.61. The maximum atomic E-state index is 12.9. The number of carbonyl (C=O) groups excluding carboxylic acids is 1. The number of aromatic nitrogens is 2. The fourth-order valence-electron chi connectivity index (χ4n) is 4.67. The molecule has 7 rings (SSSR count). The van der Waals surface area contributed by atoms with Crippen LogP contribution in [0.4, 0.5) is 0 Å². The Bertz CT molecular complexity index is 865. The number of aromatic hydroxyl groups is 1. The predicted molar refractivity (Wildman–Crippen MR) is 75.3 cm³/mol. The van der Waals surface area contributed by atoms with Gasteiger partial charge in [-0.25, -0.2) is 4.98 Å². The van der Waals surface area contributed by atoms with Gasteiger partial charge in [0.25, 0.3) is 0 Å². The summed E-state index contributed by atoms with van der Waals surface area (Å²) in [5.41, 5.74) is 1.50. The van der Waals surface area contributed by atoms with E-state index in [-0.39, 0.29) is 11.7 Å². The minimum Gasteiger partial charge on any atom is -0.508 e. The van der Waals surface area contributed by atoms with Crippen LogP contribution in [-0.4, -0.2) is 20.6 Å². The fourth-order valence-corrected chi connectivity index (χ4v) is 4.67. The van der Waals surface area contributed by atoms with Gasteiger partial charge in [-0.15, -0.1) is 0 Å². The van der Waals surface area contributed by atoms with Crippen LogP contribution in [-0.2, 0) is 0 Å². The van der Waals surface area contributed by atoms with Crippen LogP contribution in [0.3, 0.4) is 0 Å². The summed E-state index contributed by atoms with van der Waals surface area (Å²) in [5, 5.41) is 9.62. The molecule has 2 radical (unpaired) electrons. The topological polar surface area (TPSA) is 55.1 Å². The number of hydrogen-bond acceptors (Lipinski definition) is 3. The number of rotatable bonds is 0. The Kier molecular flexibility index (Phi) is 1.54. The van der Waals surface area contributed by atoms with Gasteiger partial charge in [-0.2, -0.15) is 0 Å². The summed E-state index contributed by atoms with van der Waals surface area (Å²) in [4.78, 5) is 17.6. The largest absolute Gasteiger partial charge is 0.508 e. The maximum Gasteiger partial charge on any atom is 0.241 e. The lowest BCUT2D eigenvalue weighted by atomic mass is 9.63. The summed E-state index contributed by atoms with van der Waals surface area (Å²) >= 11 is 0. The highest BCUT2D eigenvalue weighted by Crippen LogP contribution is 2.68. The number of benzene rings is 1. The summed E-state index contributed by atoms with van der Waals surface area (Å²) in [6.45, 7) is 0. The number of allylic oxidation sites excluding steroid dienone is 2. The molecule has 1 aliphatic heterocycles. The van der Waals surface area contributed by atoms with E-state index >= 15 is 0 Å². The average molecular weight is 276 g/mol. The van der Waals surface area contributed by atoms with Crippen molar-refractivity contribution < 1.29 is 9.90 Å². The first-order valence-corrected chi connectivity index (χ1v) is 7.43. The SMILES string of the molecule is O=C1[C]2[C](c3nc4cc(O)ccc4n31)[C@@H]1C=C[C@H]2C2CC21. The molecule has 0 saturated heterocycles. The number of nitrogens with zero attached hydrogens (tertiary/aromatic N) is 2. The van der Waals surface area contributed by atoms with Gasteiger partial charge >= 0.3 is 0 Å². The summed E-state index contributed by atoms with van der Waals surface area (Å²) in [6, 6.07) is 5.03. The Morgan fingerprint density at radius 2 is 1.90 bits per heavy atom. The van der Waals surface area contributed by atoms with Crippen LogP contribution < -0.4 is 0 Å². The predicted octanol–water partition coefficient (Wildman–Crippen LogP) is 2.34. The van der Waals surface area contributed by atoms with Crippen molar-refractivity contribution in [3.8, 4) is 5.75 Å². The molecule has 2 unspecified atom stereocenters. The van der Waals surface area contributed by atoms with Gasteiger partial charge in [0, 0.05) is 6.07 Å². The second-order valence-electron chi connectivity index (χ2n) is 6.58. The average Bonchev–Trinajstić information content (AvgIpc) is 3.16. The number of hydrogen-bond donors (Lipinski definition) is 1. The lowest BCUT2D eigenvalue weighted by molar-refractivity contribution is 0.0925. The van der Waals surface area contributed by atoms with E-state index in [1.165, 1.54) is 6.42 Å². The van der Waals surface area contributed by atoms with E-state index in [2.05, 4.69) is 17.1 Å². The van der Waals surface area contributed by atoms with Gasteiger partial charge in [-0.1, -0.05) is 12.2 Å². The normalized spacial score (nSPS) is 36.1. The van der Waals surface area contributed by atoms with Crippen LogP contribution in [0.2, 0.25) is 0 Å². The molecule has 2 heterocycles. The molecule has 2 fully saturated rings. The number of fused-ring (bicyclic) bond motifs is 3. The molecule has 1 aromatic carbocycles. The highest BCUT2D eigenvalue weighted by molar-refractivity contribution is 6.07. The Hall–Kier alpha value is -2.10. The monoisotopic (exact) mass is 276 g/mol. The van der Waals surface area contributed by atoms with Crippen LogP contribution in [0, 0.1) is 35.5 Å². The molecule has 0 spiro atoms. The van der Waals surface area contributed by atoms with Crippen molar-refractivity contribution in [3.63, 3.8) is 0 Å². The zero-order valence-corrected chi connectivity index (χ0v) is 11.2. The van der Waals surface area contributed by atoms with Crippen molar-refractivity contribution in [2.24, 2.45) is 23.7 Å². The summed E-state index contributed by atoms with van der Waals surface area (Å²) < 4.78 is 1.75. The van der Waals surface area contributed by atoms with Gasteiger partial charge in [0.15, 0.2) is 0 Å². The molecule has 4 atom stereocenters. The molecule has 4 aliphatic carbocycles. The third kappa shape index (κ3) is 1.04. The lowest BCUT2D eigenvalue weighted by Crippen LogP contribution is -2.36. The minimum atomic E-state index is 0.0953. The molecule has 4 heteroatoms. The maximum absolute atomic E-state index is 12.9. The van der Waals surface area contributed by atoms with Crippen LogP contribution in [0.15, 0.2) is 30.4 Å². The lowest BCUT2D eigenvalue weighted by Gasteiger charge is -2.37. The van der Waals surface area contributed by atoms with Gasteiger partial charge < -0.3 is 5.11 Å². The number of phenolic OH excluding ortho intramolecular Hbond substituents is 1. The van der Waals surface area contributed by atoms with Crippen molar-refractivity contribution in [1.29, 1.82) is 0 Å². The van der Waals surface area contributed by atoms with E-state index in [0.29, 0.717) is 29.2 Å². The quantitative estimate of drug-likeness (QED) is 0.751. The van der Waals surface area contributed by atoms with Crippen molar-refractivity contribution in [1.82, 2.24) is 9.55 Å². The zero-order chi connectivity index (χ0) is 13.9. The Morgan fingerprint density at radius 1 is 1.14 bits per heavy atom. The highest BCUT2D eigenvalue weighted by Gasteiger charge is 2.65. The molecule has 1 aromatic heterocycles. The first-order chi connectivity index (χ1) is 10.2. The molecule has 0 amide bonds. The molecule has 1 N–H and O–H groups in total. The van der Waals surface area contributed by atoms with Crippen molar-refractivity contribution in [2.45, 2.75) is 6.42 Å². The van der Waals surface area contributed by atoms with Crippen molar-refractivity contribution in [3.05, 3.63) is 48.0 Å². The van der Waals surface area contributed by atoms with Crippen molar-refractivity contribution >= 4 is 16.9 Å². The Labute approximate surface area is 121 Å². The Morgan fingerprint density at radius 3 is 2.71 bits per heavy atom. The van der Waals surface area contributed by atoms with E-state index < -0.39 is 0 Å². The molecular weight excluding hydrogens is 264 g/mol. The summed E-state index contributed by atoms with van der Waals surface area (Å²) in [7, 11) is 0. The fraction of sp³-hybridized carbons (Fsp3) is 0.294. The third-order valence-electron chi connectivity index (χ3n) is 5.61. The van der Waals surface area contributed by atoms with Gasteiger partial charge in [0.1, 0.15) is 11.6 Å². The van der Waals surface area contributed by atoms with E-state index in [1.54, 1.807) is 22.8 Å². The second-order valence-corrected chi connectivity index (χ2v) is 6.58. The van der Waals surface area contributed by atoms with Gasteiger partial charge in [-0.3, -0.25) is 9.36 Å².